The Kier molecular flexibility index (Phi) is 5.89. The number of aryl methyl sites for hydroxylation is 1. The topological polar surface area (TPSA) is 52.9 Å². The first-order valence-electron chi connectivity index (χ1n) is 10.7. The van der Waals surface area contributed by atoms with Gasteiger partial charge >= 0.3 is 0 Å². The van der Waals surface area contributed by atoms with Gasteiger partial charge in [-0.3, -0.25) is 4.79 Å². The van der Waals surface area contributed by atoms with Gasteiger partial charge in [0.15, 0.2) is 0 Å². The Morgan fingerprint density at radius 2 is 1.90 bits per heavy atom. The third-order valence-electron chi connectivity index (χ3n) is 5.92. The van der Waals surface area contributed by atoms with Gasteiger partial charge in [0.1, 0.15) is 18.5 Å². The van der Waals surface area contributed by atoms with Crippen molar-refractivity contribution in [1.29, 1.82) is 0 Å². The Morgan fingerprint density at radius 3 is 2.50 bits per heavy atom. The van der Waals surface area contributed by atoms with E-state index in [0.29, 0.717) is 37.6 Å². The largest absolute Gasteiger partial charge is 0.491 e. The van der Waals surface area contributed by atoms with Gasteiger partial charge in [0, 0.05) is 30.5 Å². The third kappa shape index (κ3) is 4.55. The maximum absolute atomic E-state index is 12.8. The number of nitrogens with zero attached hydrogens (tertiary/aromatic N) is 2. The van der Waals surface area contributed by atoms with Crippen LogP contribution in [0.5, 0.6) is 5.75 Å². The van der Waals surface area contributed by atoms with Crippen molar-refractivity contribution in [3.8, 4) is 5.75 Å². The van der Waals surface area contributed by atoms with Crippen LogP contribution in [0, 0.1) is 12.3 Å². The molecule has 1 aromatic heterocycles. The highest BCUT2D eigenvalue weighted by atomic mass is 16.6. The minimum atomic E-state index is -0.0871. The lowest BCUT2D eigenvalue weighted by Gasteiger charge is -2.47. The summed E-state index contributed by atoms with van der Waals surface area (Å²) in [5.74, 6) is 0.575. The molecule has 0 amide bonds. The molecule has 3 heterocycles. The summed E-state index contributed by atoms with van der Waals surface area (Å²) in [6, 6.07) is 12.0. The maximum Gasteiger partial charge on any atom is 0.254 e. The van der Waals surface area contributed by atoms with Crippen LogP contribution in [0.1, 0.15) is 38.1 Å². The maximum atomic E-state index is 12.8. The van der Waals surface area contributed by atoms with Crippen LogP contribution >= 0.6 is 0 Å². The second kappa shape index (κ2) is 8.44. The van der Waals surface area contributed by atoms with Crippen molar-refractivity contribution >= 4 is 5.69 Å². The highest BCUT2D eigenvalue weighted by Gasteiger charge is 2.34. The van der Waals surface area contributed by atoms with Gasteiger partial charge in [0.25, 0.3) is 5.56 Å². The Morgan fingerprint density at radius 1 is 1.17 bits per heavy atom. The lowest BCUT2D eigenvalue weighted by Crippen LogP contribution is -2.53. The van der Waals surface area contributed by atoms with Crippen LogP contribution in [0.4, 0.5) is 5.69 Å². The predicted molar refractivity (Wildman–Crippen MR) is 118 cm³/mol. The number of pyridine rings is 1. The van der Waals surface area contributed by atoms with Gasteiger partial charge in [-0.1, -0.05) is 26.0 Å². The molecule has 0 N–H and O–H groups in total. The Bertz CT molecular complexity index is 921. The molecular formula is C24H32N2O4. The van der Waals surface area contributed by atoms with Crippen molar-refractivity contribution < 1.29 is 14.2 Å². The molecule has 2 atom stereocenters. The fourth-order valence-electron chi connectivity index (χ4n) is 4.37. The molecule has 1 aromatic carbocycles. The molecule has 0 saturated carbocycles. The molecule has 0 aliphatic carbocycles. The Labute approximate surface area is 178 Å². The molecule has 2 aromatic rings. The molecule has 6 nitrogen and oxygen atoms in total. The first-order valence-corrected chi connectivity index (χ1v) is 10.7. The monoisotopic (exact) mass is 412 g/mol. The van der Waals surface area contributed by atoms with Crippen molar-refractivity contribution in [2.24, 2.45) is 5.41 Å². The van der Waals surface area contributed by atoms with E-state index in [4.69, 9.17) is 14.2 Å². The fraction of sp³-hybridized carbons (Fsp3) is 0.542. The molecule has 0 spiro atoms. The van der Waals surface area contributed by atoms with Gasteiger partial charge in [-0.2, -0.15) is 0 Å². The smallest absolute Gasteiger partial charge is 0.254 e. The summed E-state index contributed by atoms with van der Waals surface area (Å²) in [6.45, 7) is 12.9. The molecule has 2 aliphatic heterocycles. The Hall–Kier alpha value is -2.31. The Balaban J connectivity index is 1.44. The van der Waals surface area contributed by atoms with E-state index in [1.165, 1.54) is 5.69 Å². The molecule has 4 rings (SSSR count). The van der Waals surface area contributed by atoms with Gasteiger partial charge < -0.3 is 23.7 Å². The van der Waals surface area contributed by atoms with Crippen LogP contribution in [-0.2, 0) is 9.47 Å². The lowest BCUT2D eigenvalue weighted by atomic mass is 9.84. The van der Waals surface area contributed by atoms with Crippen LogP contribution in [0.2, 0.25) is 0 Å². The van der Waals surface area contributed by atoms with Crippen LogP contribution in [-0.4, -0.2) is 50.2 Å². The van der Waals surface area contributed by atoms with E-state index >= 15 is 0 Å². The second-order valence-electron chi connectivity index (χ2n) is 9.21. The number of benzene rings is 1. The predicted octanol–water partition coefficient (Wildman–Crippen LogP) is 3.41. The first-order chi connectivity index (χ1) is 14.3. The number of ether oxygens (including phenoxy) is 3. The molecule has 2 aliphatic rings. The van der Waals surface area contributed by atoms with E-state index in [-0.39, 0.29) is 17.7 Å². The first kappa shape index (κ1) is 20.9. The van der Waals surface area contributed by atoms with Gasteiger partial charge in [0.2, 0.25) is 0 Å². The molecule has 0 radical (unpaired) electrons. The summed E-state index contributed by atoms with van der Waals surface area (Å²) < 4.78 is 18.6. The van der Waals surface area contributed by atoms with Crippen molar-refractivity contribution in [2.45, 2.75) is 39.8 Å². The number of anilines is 1. The van der Waals surface area contributed by atoms with E-state index in [9.17, 15) is 4.79 Å². The van der Waals surface area contributed by atoms with Gasteiger partial charge in [0.05, 0.1) is 25.9 Å². The summed E-state index contributed by atoms with van der Waals surface area (Å²) in [6.07, 6.45) is -0.0871. The van der Waals surface area contributed by atoms with E-state index in [2.05, 4.69) is 49.9 Å². The van der Waals surface area contributed by atoms with Gasteiger partial charge in [-0.15, -0.1) is 0 Å². The minimum Gasteiger partial charge on any atom is -0.491 e. The van der Waals surface area contributed by atoms with Crippen molar-refractivity contribution in [2.75, 3.05) is 44.4 Å². The average molecular weight is 413 g/mol. The van der Waals surface area contributed by atoms with E-state index in [1.807, 2.05) is 17.6 Å². The molecule has 1 unspecified atom stereocenters. The SMILES string of the molecule is Cc1cc(OCC2COCCO2)cc(=O)n1[C@H](C)c1ccc(N2CC(C)(C)C2)cc1. The molecule has 2 saturated heterocycles. The van der Waals surface area contributed by atoms with Crippen LogP contribution in [0.15, 0.2) is 41.2 Å². The molecule has 30 heavy (non-hydrogen) atoms. The van der Waals surface area contributed by atoms with Crippen molar-refractivity contribution in [3.05, 3.63) is 58.0 Å². The summed E-state index contributed by atoms with van der Waals surface area (Å²) in [4.78, 5) is 15.2. The molecule has 162 valence electrons. The molecule has 2 fully saturated rings. The quantitative estimate of drug-likeness (QED) is 0.728. The number of rotatable bonds is 6. The standard InChI is InChI=1S/C24H32N2O4/c1-17-11-21(30-14-22-13-28-9-10-29-22)12-23(27)26(17)18(2)19-5-7-20(8-6-19)25-15-24(3,4)16-25/h5-8,11-12,18,22H,9-10,13-16H2,1-4H3/t18-,22?/m1/s1. The van der Waals surface area contributed by atoms with Crippen LogP contribution in [0.3, 0.4) is 0 Å². The number of hydrogen-bond acceptors (Lipinski definition) is 5. The van der Waals surface area contributed by atoms with Crippen LogP contribution < -0.4 is 15.2 Å². The van der Waals surface area contributed by atoms with E-state index in [1.54, 1.807) is 6.07 Å². The molecule has 6 heteroatoms. The molecule has 0 bridgehead atoms. The summed E-state index contributed by atoms with van der Waals surface area (Å²) in [5.41, 5.74) is 3.57. The van der Waals surface area contributed by atoms with E-state index < -0.39 is 0 Å². The minimum absolute atomic E-state index is 0.0523. The zero-order chi connectivity index (χ0) is 21.3. The second-order valence-corrected chi connectivity index (χ2v) is 9.21. The van der Waals surface area contributed by atoms with Gasteiger partial charge in [-0.25, -0.2) is 0 Å². The lowest BCUT2D eigenvalue weighted by molar-refractivity contribution is -0.101. The normalized spacial score (nSPS) is 21.7. The fourth-order valence-corrected chi connectivity index (χ4v) is 4.37. The molecular weight excluding hydrogens is 380 g/mol. The highest BCUT2D eigenvalue weighted by Crippen LogP contribution is 2.34. The van der Waals surface area contributed by atoms with Crippen molar-refractivity contribution in [1.82, 2.24) is 4.57 Å². The number of hydrogen-bond donors (Lipinski definition) is 0. The van der Waals surface area contributed by atoms with E-state index in [0.717, 1.165) is 24.3 Å². The van der Waals surface area contributed by atoms with Crippen LogP contribution in [0.25, 0.3) is 0 Å². The summed E-state index contributed by atoms with van der Waals surface area (Å²) >= 11 is 0. The summed E-state index contributed by atoms with van der Waals surface area (Å²) in [7, 11) is 0. The summed E-state index contributed by atoms with van der Waals surface area (Å²) in [5, 5.41) is 0. The van der Waals surface area contributed by atoms with Crippen molar-refractivity contribution in [3.63, 3.8) is 0 Å². The van der Waals surface area contributed by atoms with Gasteiger partial charge in [-0.05, 0) is 43.0 Å². The highest BCUT2D eigenvalue weighted by molar-refractivity contribution is 5.51. The average Bonchev–Trinajstić information content (AvgIpc) is 2.71. The number of aromatic nitrogens is 1. The zero-order valence-corrected chi connectivity index (χ0v) is 18.4. The third-order valence-corrected chi connectivity index (χ3v) is 5.92. The zero-order valence-electron chi connectivity index (χ0n) is 18.4.